The molecule has 0 bridgehead atoms. The van der Waals surface area contributed by atoms with Crippen molar-refractivity contribution in [2.24, 2.45) is 9.98 Å². The third kappa shape index (κ3) is 2.50. The van der Waals surface area contributed by atoms with E-state index in [0.717, 1.165) is 28.4 Å². The predicted octanol–water partition coefficient (Wildman–Crippen LogP) is 5.84. The molecule has 36 heavy (non-hydrogen) atoms. The van der Waals surface area contributed by atoms with Crippen molar-refractivity contribution >= 4 is 55.9 Å². The minimum Gasteiger partial charge on any atom is -0.335 e. The molecule has 0 saturated heterocycles. The molecule has 172 valence electrons. The van der Waals surface area contributed by atoms with Crippen LogP contribution in [-0.2, 0) is 0 Å². The van der Waals surface area contributed by atoms with E-state index in [-0.39, 0.29) is 6.17 Å². The first-order valence-corrected chi connectivity index (χ1v) is 12.1. The van der Waals surface area contributed by atoms with E-state index in [4.69, 9.17) is 4.99 Å². The maximum absolute atomic E-state index is 4.85. The average molecular weight is 467 g/mol. The summed E-state index contributed by atoms with van der Waals surface area (Å²) in [4.78, 5) is 11.5. The first kappa shape index (κ1) is 19.5. The first-order valence-electron chi connectivity index (χ1n) is 12.1. The molecule has 8 rings (SSSR count). The predicted molar refractivity (Wildman–Crippen MR) is 148 cm³/mol. The van der Waals surface area contributed by atoms with Crippen molar-refractivity contribution in [2.45, 2.75) is 6.17 Å². The summed E-state index contributed by atoms with van der Waals surface area (Å²) < 4.78 is 4.63. The molecule has 1 unspecified atom stereocenters. The van der Waals surface area contributed by atoms with E-state index in [1.54, 1.807) is 0 Å². The van der Waals surface area contributed by atoms with Gasteiger partial charge in [0.05, 0.1) is 40.3 Å². The van der Waals surface area contributed by atoms with Crippen molar-refractivity contribution in [3.8, 4) is 5.69 Å². The molecule has 1 N–H and O–H groups in total. The second-order valence-corrected chi connectivity index (χ2v) is 9.33. The van der Waals surface area contributed by atoms with E-state index >= 15 is 0 Å². The summed E-state index contributed by atoms with van der Waals surface area (Å²) in [5.41, 5.74) is 6.83. The van der Waals surface area contributed by atoms with Gasteiger partial charge in [0, 0.05) is 34.3 Å². The number of hydrogen-bond acceptors (Lipinski definition) is 4. The molecule has 4 aromatic carbocycles. The van der Waals surface area contributed by atoms with E-state index in [0.29, 0.717) is 0 Å². The largest absolute Gasteiger partial charge is 0.335 e. The lowest BCUT2D eigenvalue weighted by Gasteiger charge is -2.23. The van der Waals surface area contributed by atoms with Crippen LogP contribution in [0.25, 0.3) is 49.3 Å². The molecule has 6 aromatic rings. The number of nitrogens with one attached hydrogen (secondary N) is 1. The maximum Gasteiger partial charge on any atom is 0.209 e. The lowest BCUT2D eigenvalue weighted by Crippen LogP contribution is -2.41. The summed E-state index contributed by atoms with van der Waals surface area (Å²) in [7, 11) is 2.00. The van der Waals surface area contributed by atoms with Crippen LogP contribution in [0.2, 0.25) is 0 Å². The summed E-state index contributed by atoms with van der Waals surface area (Å²) in [5.74, 6) is 0.782. The molecule has 0 aliphatic carbocycles. The van der Waals surface area contributed by atoms with Crippen molar-refractivity contribution in [2.75, 3.05) is 7.05 Å². The third-order valence-corrected chi connectivity index (χ3v) is 7.36. The molecule has 0 amide bonds. The Bertz CT molecular complexity index is 1940. The Kier molecular flexibility index (Phi) is 3.83. The van der Waals surface area contributed by atoms with Crippen LogP contribution in [0, 0.1) is 0 Å². The van der Waals surface area contributed by atoms with Crippen molar-refractivity contribution < 1.29 is 0 Å². The van der Waals surface area contributed by atoms with Gasteiger partial charge in [0.25, 0.3) is 0 Å². The summed E-state index contributed by atoms with van der Waals surface area (Å²) in [6, 6.07) is 32.4. The number of aliphatic imine (C=N–C) groups is 2. The van der Waals surface area contributed by atoms with Crippen molar-refractivity contribution in [3.05, 3.63) is 103 Å². The molecule has 4 heterocycles. The minimum absolute atomic E-state index is 0.127. The molecule has 2 aromatic heterocycles. The summed E-state index contributed by atoms with van der Waals surface area (Å²) in [5, 5.41) is 8.46. The topological polar surface area (TPSA) is 49.9 Å². The van der Waals surface area contributed by atoms with Gasteiger partial charge in [-0.3, -0.25) is 4.57 Å². The van der Waals surface area contributed by atoms with Crippen molar-refractivity contribution in [1.82, 2.24) is 19.4 Å². The Morgan fingerprint density at radius 2 is 1.42 bits per heavy atom. The Balaban J connectivity index is 1.53. The highest BCUT2D eigenvalue weighted by molar-refractivity contribution is 6.27. The Labute approximate surface area is 207 Å². The molecule has 0 radical (unpaired) electrons. The van der Waals surface area contributed by atoms with Gasteiger partial charge in [0.15, 0.2) is 6.17 Å². The summed E-state index contributed by atoms with van der Waals surface area (Å²) >= 11 is 0. The molecular weight excluding hydrogens is 444 g/mol. The van der Waals surface area contributed by atoms with Gasteiger partial charge in [0.1, 0.15) is 0 Å². The molecule has 0 spiro atoms. The zero-order chi connectivity index (χ0) is 23.8. The van der Waals surface area contributed by atoms with Gasteiger partial charge in [-0.25, -0.2) is 9.98 Å². The van der Waals surface area contributed by atoms with Crippen molar-refractivity contribution in [1.29, 1.82) is 0 Å². The molecule has 6 heteroatoms. The highest BCUT2D eigenvalue weighted by Crippen LogP contribution is 2.40. The lowest BCUT2D eigenvalue weighted by molar-refractivity contribution is 0.578. The Hall–Kier alpha value is -4.84. The normalized spacial score (nSPS) is 17.1. The van der Waals surface area contributed by atoms with Gasteiger partial charge in [-0.2, -0.15) is 0 Å². The molecule has 1 atom stereocenters. The highest BCUT2D eigenvalue weighted by Gasteiger charge is 2.28. The van der Waals surface area contributed by atoms with E-state index in [2.05, 4.69) is 110 Å². The van der Waals surface area contributed by atoms with Crippen LogP contribution in [0.3, 0.4) is 0 Å². The summed E-state index contributed by atoms with van der Waals surface area (Å²) in [6.07, 6.45) is 3.64. The number of nitrogens with zero attached hydrogens (tertiary/aromatic N) is 5. The van der Waals surface area contributed by atoms with Gasteiger partial charge in [-0.1, -0.05) is 60.7 Å². The van der Waals surface area contributed by atoms with Gasteiger partial charge >= 0.3 is 0 Å². The molecule has 2 aliphatic heterocycles. The number of para-hydroxylation sites is 3. The van der Waals surface area contributed by atoms with Gasteiger partial charge in [-0.15, -0.1) is 0 Å². The van der Waals surface area contributed by atoms with Crippen LogP contribution in [0.15, 0.2) is 113 Å². The van der Waals surface area contributed by atoms with E-state index in [1.165, 1.54) is 32.6 Å². The van der Waals surface area contributed by atoms with E-state index in [9.17, 15) is 0 Å². The van der Waals surface area contributed by atoms with Gasteiger partial charge < -0.3 is 14.8 Å². The number of aromatic nitrogens is 2. The third-order valence-electron chi connectivity index (χ3n) is 7.36. The molecule has 6 nitrogen and oxygen atoms in total. The first-order chi connectivity index (χ1) is 17.8. The van der Waals surface area contributed by atoms with E-state index in [1.807, 2.05) is 24.5 Å². The zero-order valence-corrected chi connectivity index (χ0v) is 19.6. The standard InChI is InChI=1S/C30H22N6/c1-34-18-32-29-26(34)17-31-30(33-29)36-24-14-8-6-12-22(24)27-25(36)16-15-21-20-11-5-7-13-23(20)35(28(21)27)19-9-3-2-4-10-19/h2-18,29H,1H3,(H,31,33). The molecule has 2 aliphatic rings. The second kappa shape index (κ2) is 7.09. The molecular formula is C30H22N6. The van der Waals surface area contributed by atoms with Crippen LogP contribution in [0.5, 0.6) is 0 Å². The smallest absolute Gasteiger partial charge is 0.209 e. The quantitative estimate of drug-likeness (QED) is 0.331. The number of likely N-dealkylation sites (N-methyl/N-ethyl adjacent to an activating group) is 1. The number of hydrogen-bond donors (Lipinski definition) is 1. The van der Waals surface area contributed by atoms with Gasteiger partial charge in [0.2, 0.25) is 5.96 Å². The van der Waals surface area contributed by atoms with Crippen LogP contribution in [0.1, 0.15) is 0 Å². The highest BCUT2D eigenvalue weighted by atomic mass is 15.4. The SMILES string of the molecule is CN1C=NC2NC(n3c4ccccc4c4c3ccc3c5ccccc5n(-c5ccccc5)c34)=NC=C21. The van der Waals surface area contributed by atoms with E-state index < -0.39 is 0 Å². The fourth-order valence-corrected chi connectivity index (χ4v) is 5.77. The van der Waals surface area contributed by atoms with Gasteiger partial charge in [-0.05, 0) is 30.3 Å². The van der Waals surface area contributed by atoms with Crippen molar-refractivity contribution in [3.63, 3.8) is 0 Å². The van der Waals surface area contributed by atoms with Crippen LogP contribution in [0.4, 0.5) is 0 Å². The van der Waals surface area contributed by atoms with Crippen LogP contribution < -0.4 is 5.32 Å². The minimum atomic E-state index is -0.127. The lowest BCUT2D eigenvalue weighted by atomic mass is 10.1. The molecule has 0 saturated carbocycles. The summed E-state index contributed by atoms with van der Waals surface area (Å²) in [6.45, 7) is 0. The number of rotatable bonds is 1. The maximum atomic E-state index is 4.85. The fourth-order valence-electron chi connectivity index (χ4n) is 5.77. The molecule has 0 fully saturated rings. The number of benzene rings is 4. The zero-order valence-electron chi connectivity index (χ0n) is 19.6. The van der Waals surface area contributed by atoms with Crippen LogP contribution >= 0.6 is 0 Å². The number of fused-ring (bicyclic) bond motifs is 8. The van der Waals surface area contributed by atoms with Crippen LogP contribution in [-0.4, -0.2) is 39.5 Å². The fraction of sp³-hybridized carbons (Fsp3) is 0.0667. The monoisotopic (exact) mass is 466 g/mol. The second-order valence-electron chi connectivity index (χ2n) is 9.33. The average Bonchev–Trinajstić information content (AvgIpc) is 3.58. The Morgan fingerprint density at radius 1 is 0.694 bits per heavy atom. The Morgan fingerprint density at radius 3 is 2.25 bits per heavy atom.